The van der Waals surface area contributed by atoms with Gasteiger partial charge in [0.15, 0.2) is 5.76 Å². The number of halogens is 1. The summed E-state index contributed by atoms with van der Waals surface area (Å²) in [7, 11) is 0. The van der Waals surface area contributed by atoms with Crippen molar-refractivity contribution in [1.82, 2.24) is 10.5 Å². The van der Waals surface area contributed by atoms with Crippen molar-refractivity contribution in [1.29, 1.82) is 0 Å². The molecular weight excluding hydrogens is 375 g/mol. The van der Waals surface area contributed by atoms with Gasteiger partial charge in [-0.2, -0.15) is 5.16 Å². The third-order valence-corrected chi connectivity index (χ3v) is 5.06. The molecule has 1 aliphatic heterocycles. The first-order valence-corrected chi connectivity index (χ1v) is 9.68. The summed E-state index contributed by atoms with van der Waals surface area (Å²) in [5.74, 6) is 1.74. The molecule has 0 amide bonds. The van der Waals surface area contributed by atoms with Crippen LogP contribution in [0.15, 0.2) is 51.8 Å². The second kappa shape index (κ2) is 8.53. The summed E-state index contributed by atoms with van der Waals surface area (Å²) in [6, 6.07) is 12.3. The molecule has 0 radical (unpaired) electrons. The monoisotopic (exact) mass is 398 g/mol. The van der Waals surface area contributed by atoms with E-state index in [0.717, 1.165) is 29.7 Å². The smallest absolute Gasteiger partial charge is 0.280 e. The third-order valence-electron chi connectivity index (χ3n) is 5.06. The number of hydrogen-bond donors (Lipinski definition) is 2. The molecule has 2 aromatic carbocycles. The van der Waals surface area contributed by atoms with Crippen molar-refractivity contribution in [2.45, 2.75) is 39.0 Å². The molecule has 1 atom stereocenters. The Hall–Kier alpha value is -3.06. The van der Waals surface area contributed by atoms with Gasteiger partial charge in [-0.3, -0.25) is 4.79 Å². The van der Waals surface area contributed by atoms with Crippen LogP contribution in [0.1, 0.15) is 29.4 Å². The minimum absolute atomic E-state index is 0.111. The lowest BCUT2D eigenvalue weighted by Gasteiger charge is -2.26. The van der Waals surface area contributed by atoms with Gasteiger partial charge >= 0.3 is 0 Å². The van der Waals surface area contributed by atoms with Crippen molar-refractivity contribution in [2.24, 2.45) is 0 Å². The van der Waals surface area contributed by atoms with Crippen LogP contribution in [0.2, 0.25) is 0 Å². The van der Waals surface area contributed by atoms with Gasteiger partial charge in [0.2, 0.25) is 0 Å². The fourth-order valence-electron chi connectivity index (χ4n) is 3.48. The van der Waals surface area contributed by atoms with Gasteiger partial charge in [-0.15, -0.1) is 0 Å². The first-order chi connectivity index (χ1) is 14.1. The lowest BCUT2D eigenvalue weighted by Crippen LogP contribution is -2.38. The van der Waals surface area contributed by atoms with E-state index in [1.54, 1.807) is 6.07 Å². The van der Waals surface area contributed by atoms with Crippen LogP contribution in [0.3, 0.4) is 0 Å². The number of H-pyrrole nitrogens is 1. The predicted molar refractivity (Wildman–Crippen MR) is 106 cm³/mol. The van der Waals surface area contributed by atoms with E-state index in [2.05, 4.69) is 10.5 Å². The number of fused-ring (bicyclic) bond motifs is 1. The summed E-state index contributed by atoms with van der Waals surface area (Å²) in [5.41, 5.74) is 2.36. The highest BCUT2D eigenvalue weighted by atomic mass is 19.1. The van der Waals surface area contributed by atoms with Crippen LogP contribution in [0, 0.1) is 5.82 Å². The number of rotatable bonds is 7. The van der Waals surface area contributed by atoms with Crippen LogP contribution in [0.5, 0.6) is 11.5 Å². The van der Waals surface area contributed by atoms with Crippen molar-refractivity contribution >= 4 is 0 Å². The van der Waals surface area contributed by atoms with E-state index >= 15 is 0 Å². The molecule has 4 rings (SSSR count). The summed E-state index contributed by atoms with van der Waals surface area (Å²) in [5, 5.41) is 5.60. The SMILES string of the molecule is CCc1cccc(F)c1COc1ccc2c(c1)OCC(NCc1cc(=O)[nH]o1)C2. The molecule has 1 aliphatic rings. The highest BCUT2D eigenvalue weighted by Gasteiger charge is 2.20. The predicted octanol–water partition coefficient (Wildman–Crippen LogP) is 3.34. The molecule has 0 saturated heterocycles. The Kier molecular flexibility index (Phi) is 5.67. The summed E-state index contributed by atoms with van der Waals surface area (Å²) in [4.78, 5) is 11.1. The zero-order valence-electron chi connectivity index (χ0n) is 16.2. The molecule has 3 aromatic rings. The Balaban J connectivity index is 1.37. The van der Waals surface area contributed by atoms with Crippen LogP contribution in [-0.4, -0.2) is 17.8 Å². The molecule has 29 heavy (non-hydrogen) atoms. The maximum Gasteiger partial charge on any atom is 0.280 e. The van der Waals surface area contributed by atoms with Crippen molar-refractivity contribution in [3.05, 3.63) is 81.1 Å². The first kappa shape index (κ1) is 19.3. The van der Waals surface area contributed by atoms with E-state index in [1.165, 1.54) is 12.1 Å². The molecule has 1 aromatic heterocycles. The van der Waals surface area contributed by atoms with Gasteiger partial charge in [0.05, 0.1) is 6.54 Å². The largest absolute Gasteiger partial charge is 0.492 e. The molecule has 2 N–H and O–H groups in total. The molecule has 1 unspecified atom stereocenters. The summed E-state index contributed by atoms with van der Waals surface area (Å²) < 4.78 is 30.9. The second-order valence-electron chi connectivity index (χ2n) is 7.06. The lowest BCUT2D eigenvalue weighted by atomic mass is 10.0. The number of benzene rings is 2. The molecule has 7 heteroatoms. The Morgan fingerprint density at radius 1 is 1.28 bits per heavy atom. The van der Waals surface area contributed by atoms with Crippen molar-refractivity contribution in [3.63, 3.8) is 0 Å². The van der Waals surface area contributed by atoms with E-state index in [-0.39, 0.29) is 24.0 Å². The topological polar surface area (TPSA) is 76.5 Å². The zero-order valence-corrected chi connectivity index (χ0v) is 16.2. The van der Waals surface area contributed by atoms with Gasteiger partial charge in [-0.1, -0.05) is 25.1 Å². The van der Waals surface area contributed by atoms with Crippen LogP contribution in [0.25, 0.3) is 0 Å². The van der Waals surface area contributed by atoms with Crippen LogP contribution in [0.4, 0.5) is 4.39 Å². The number of aromatic amines is 1. The van der Waals surface area contributed by atoms with E-state index in [1.807, 2.05) is 31.2 Å². The van der Waals surface area contributed by atoms with Gasteiger partial charge in [0, 0.05) is 23.7 Å². The van der Waals surface area contributed by atoms with Crippen molar-refractivity contribution < 1.29 is 18.4 Å². The fourth-order valence-corrected chi connectivity index (χ4v) is 3.48. The Morgan fingerprint density at radius 3 is 2.97 bits per heavy atom. The molecule has 0 bridgehead atoms. The molecular formula is C22H23FN2O4. The molecule has 0 saturated carbocycles. The average Bonchev–Trinajstić information content (AvgIpc) is 3.16. The minimum atomic E-state index is -0.249. The average molecular weight is 398 g/mol. The van der Waals surface area contributed by atoms with Crippen LogP contribution in [-0.2, 0) is 26.0 Å². The van der Waals surface area contributed by atoms with Gasteiger partial charge in [-0.05, 0) is 36.1 Å². The number of hydrogen-bond acceptors (Lipinski definition) is 5. The standard InChI is InChI=1S/C22H23FN2O4/c1-2-14-4-3-5-20(23)19(14)13-27-17-7-6-15-8-16(12-28-21(15)9-17)24-11-18-10-22(26)25-29-18/h3-7,9-10,16,24H,2,8,11-13H2,1H3,(H,25,26). The first-order valence-electron chi connectivity index (χ1n) is 9.68. The quantitative estimate of drug-likeness (QED) is 0.638. The maximum absolute atomic E-state index is 14.1. The summed E-state index contributed by atoms with van der Waals surface area (Å²) in [6.07, 6.45) is 1.54. The van der Waals surface area contributed by atoms with E-state index < -0.39 is 0 Å². The molecule has 0 aliphatic carbocycles. The molecule has 2 heterocycles. The lowest BCUT2D eigenvalue weighted by molar-refractivity contribution is 0.230. The number of nitrogens with one attached hydrogen (secondary N) is 2. The molecule has 6 nitrogen and oxygen atoms in total. The second-order valence-corrected chi connectivity index (χ2v) is 7.06. The normalized spacial score (nSPS) is 15.6. The fraction of sp³-hybridized carbons (Fsp3) is 0.318. The van der Waals surface area contributed by atoms with Crippen LogP contribution >= 0.6 is 0 Å². The minimum Gasteiger partial charge on any atom is -0.492 e. The van der Waals surface area contributed by atoms with Gasteiger partial charge in [0.1, 0.15) is 30.5 Å². The van der Waals surface area contributed by atoms with Gasteiger partial charge in [-0.25, -0.2) is 4.39 Å². The maximum atomic E-state index is 14.1. The molecule has 0 spiro atoms. The Morgan fingerprint density at radius 2 is 2.17 bits per heavy atom. The van der Waals surface area contributed by atoms with E-state index in [4.69, 9.17) is 14.0 Å². The van der Waals surface area contributed by atoms with Crippen LogP contribution < -0.4 is 20.3 Å². The number of aromatic nitrogens is 1. The summed E-state index contributed by atoms with van der Waals surface area (Å²) >= 11 is 0. The Bertz CT molecular complexity index is 1040. The Labute approximate surface area is 167 Å². The molecule has 0 fully saturated rings. The van der Waals surface area contributed by atoms with Gasteiger partial charge in [0.25, 0.3) is 5.56 Å². The third kappa shape index (κ3) is 4.51. The van der Waals surface area contributed by atoms with E-state index in [0.29, 0.717) is 30.2 Å². The number of aryl methyl sites for hydroxylation is 1. The van der Waals surface area contributed by atoms with Crippen molar-refractivity contribution in [3.8, 4) is 11.5 Å². The van der Waals surface area contributed by atoms with Gasteiger partial charge < -0.3 is 19.3 Å². The van der Waals surface area contributed by atoms with E-state index in [9.17, 15) is 9.18 Å². The number of ether oxygens (including phenoxy) is 2. The molecule has 152 valence electrons. The highest BCUT2D eigenvalue weighted by Crippen LogP contribution is 2.30. The zero-order chi connectivity index (χ0) is 20.2. The van der Waals surface area contributed by atoms with Crippen molar-refractivity contribution in [2.75, 3.05) is 6.61 Å². The highest BCUT2D eigenvalue weighted by molar-refractivity contribution is 5.42. The summed E-state index contributed by atoms with van der Waals surface area (Å²) in [6.45, 7) is 3.13.